The summed E-state index contributed by atoms with van der Waals surface area (Å²) in [4.78, 5) is 11.8. The van der Waals surface area contributed by atoms with Gasteiger partial charge in [0, 0.05) is 6.54 Å². The largest absolute Gasteiger partial charge is 0.490 e. The average Bonchev–Trinajstić information content (AvgIpc) is 2.31. The van der Waals surface area contributed by atoms with Crippen molar-refractivity contribution in [3.63, 3.8) is 0 Å². The number of hydrogen-bond donors (Lipinski definition) is 2. The third kappa shape index (κ3) is 3.85. The van der Waals surface area contributed by atoms with Crippen molar-refractivity contribution < 1.29 is 14.6 Å². The van der Waals surface area contributed by atoms with E-state index in [1.165, 1.54) is 6.42 Å². The van der Waals surface area contributed by atoms with Gasteiger partial charge in [-0.15, -0.1) is 0 Å². The van der Waals surface area contributed by atoms with E-state index in [4.69, 9.17) is 21.4 Å². The summed E-state index contributed by atoms with van der Waals surface area (Å²) < 4.78 is 5.71. The monoisotopic (exact) mass is 283 g/mol. The maximum atomic E-state index is 11.8. The van der Waals surface area contributed by atoms with Gasteiger partial charge < -0.3 is 15.2 Å². The molecule has 104 valence electrons. The normalized spacial score (nSPS) is 16.6. The second-order valence-corrected chi connectivity index (χ2v) is 5.28. The predicted molar refractivity (Wildman–Crippen MR) is 73.7 cm³/mol. The average molecular weight is 284 g/mol. The molecule has 0 heterocycles. The fourth-order valence-corrected chi connectivity index (χ4v) is 2.03. The Hall–Kier alpha value is -1.26. The molecule has 1 aliphatic rings. The van der Waals surface area contributed by atoms with E-state index in [0.717, 1.165) is 12.8 Å². The van der Waals surface area contributed by atoms with Crippen molar-refractivity contribution in [3.05, 3.63) is 28.8 Å². The van der Waals surface area contributed by atoms with Gasteiger partial charge in [-0.2, -0.15) is 0 Å². The summed E-state index contributed by atoms with van der Waals surface area (Å²) in [6, 6.07) is 5.06. The summed E-state index contributed by atoms with van der Waals surface area (Å²) in [5.41, 5.74) is 0.392. The summed E-state index contributed by atoms with van der Waals surface area (Å²) in [6.07, 6.45) is 3.07. The molecule has 1 aromatic carbocycles. The van der Waals surface area contributed by atoms with Crippen molar-refractivity contribution in [1.29, 1.82) is 0 Å². The first-order valence-electron chi connectivity index (χ1n) is 6.48. The standard InChI is InChI=1S/C14H18ClNO3/c1-9(17)8-16-14(18)12-6-5-11(7-13(12)15)19-10-3-2-4-10/h5-7,9-10,17H,2-4,8H2,1H3,(H,16,18). The lowest BCUT2D eigenvalue weighted by Crippen LogP contribution is -2.30. The van der Waals surface area contributed by atoms with E-state index >= 15 is 0 Å². The second kappa shape index (κ2) is 6.26. The number of halogens is 1. The van der Waals surface area contributed by atoms with Gasteiger partial charge in [0.2, 0.25) is 0 Å². The first kappa shape index (κ1) is 14.2. The zero-order valence-corrected chi connectivity index (χ0v) is 11.6. The van der Waals surface area contributed by atoms with E-state index in [1.54, 1.807) is 25.1 Å². The number of ether oxygens (including phenoxy) is 1. The molecule has 1 fully saturated rings. The lowest BCUT2D eigenvalue weighted by Gasteiger charge is -2.26. The predicted octanol–water partition coefficient (Wildman–Crippen LogP) is 2.38. The van der Waals surface area contributed by atoms with Crippen molar-refractivity contribution in [3.8, 4) is 5.75 Å². The SMILES string of the molecule is CC(O)CNC(=O)c1ccc(OC2CCC2)cc1Cl. The van der Waals surface area contributed by atoms with E-state index in [1.807, 2.05) is 0 Å². The minimum absolute atomic E-state index is 0.204. The summed E-state index contributed by atoms with van der Waals surface area (Å²) in [5, 5.41) is 12.1. The molecular formula is C14H18ClNO3. The number of rotatable bonds is 5. The van der Waals surface area contributed by atoms with Gasteiger partial charge in [0.05, 0.1) is 22.8 Å². The Morgan fingerprint density at radius 1 is 1.58 bits per heavy atom. The molecule has 2 rings (SSSR count). The molecule has 0 bridgehead atoms. The van der Waals surface area contributed by atoms with Crippen LogP contribution in [0, 0.1) is 0 Å². The lowest BCUT2D eigenvalue weighted by atomic mass is 9.96. The minimum atomic E-state index is -0.580. The zero-order valence-electron chi connectivity index (χ0n) is 10.9. The Morgan fingerprint density at radius 3 is 2.84 bits per heavy atom. The molecule has 0 aromatic heterocycles. The Bertz CT molecular complexity index is 458. The van der Waals surface area contributed by atoms with Crippen molar-refractivity contribution in [1.82, 2.24) is 5.32 Å². The molecule has 1 amide bonds. The van der Waals surface area contributed by atoms with E-state index in [9.17, 15) is 4.79 Å². The molecule has 0 saturated heterocycles. The fraction of sp³-hybridized carbons (Fsp3) is 0.500. The lowest BCUT2D eigenvalue weighted by molar-refractivity contribution is 0.0924. The highest BCUT2D eigenvalue weighted by atomic mass is 35.5. The number of hydrogen-bond acceptors (Lipinski definition) is 3. The Kier molecular flexibility index (Phi) is 4.66. The van der Waals surface area contributed by atoms with Crippen LogP contribution in [0.3, 0.4) is 0 Å². The van der Waals surface area contributed by atoms with Gasteiger partial charge in [-0.3, -0.25) is 4.79 Å². The molecule has 1 unspecified atom stereocenters. The molecule has 1 saturated carbocycles. The first-order valence-corrected chi connectivity index (χ1v) is 6.86. The summed E-state index contributed by atoms with van der Waals surface area (Å²) >= 11 is 6.08. The molecule has 1 aromatic rings. The van der Waals surface area contributed by atoms with Crippen LogP contribution in [0.2, 0.25) is 5.02 Å². The minimum Gasteiger partial charge on any atom is -0.490 e. The number of aliphatic hydroxyl groups excluding tert-OH is 1. The van der Waals surface area contributed by atoms with Crippen molar-refractivity contribution in [2.24, 2.45) is 0 Å². The summed E-state index contributed by atoms with van der Waals surface area (Å²) in [6.45, 7) is 1.81. The summed E-state index contributed by atoms with van der Waals surface area (Å²) in [7, 11) is 0. The molecule has 4 nitrogen and oxygen atoms in total. The van der Waals surface area contributed by atoms with Gasteiger partial charge in [-0.1, -0.05) is 11.6 Å². The van der Waals surface area contributed by atoms with Gasteiger partial charge in [-0.05, 0) is 44.4 Å². The molecule has 2 N–H and O–H groups in total. The van der Waals surface area contributed by atoms with Crippen molar-refractivity contribution in [2.75, 3.05) is 6.54 Å². The van der Waals surface area contributed by atoms with Crippen LogP contribution in [0.25, 0.3) is 0 Å². The second-order valence-electron chi connectivity index (χ2n) is 4.87. The van der Waals surface area contributed by atoms with Gasteiger partial charge >= 0.3 is 0 Å². The van der Waals surface area contributed by atoms with Crippen LogP contribution in [-0.2, 0) is 0 Å². The third-order valence-electron chi connectivity index (χ3n) is 3.10. The van der Waals surface area contributed by atoms with Crippen LogP contribution in [0.4, 0.5) is 0 Å². The van der Waals surface area contributed by atoms with Gasteiger partial charge in [0.1, 0.15) is 5.75 Å². The third-order valence-corrected chi connectivity index (χ3v) is 3.41. The molecule has 5 heteroatoms. The van der Waals surface area contributed by atoms with Gasteiger partial charge in [0.25, 0.3) is 5.91 Å². The van der Waals surface area contributed by atoms with Crippen LogP contribution in [0.15, 0.2) is 18.2 Å². The van der Waals surface area contributed by atoms with Crippen molar-refractivity contribution in [2.45, 2.75) is 38.4 Å². The maximum absolute atomic E-state index is 11.8. The first-order chi connectivity index (χ1) is 9.06. The highest BCUT2D eigenvalue weighted by Gasteiger charge is 2.20. The molecule has 1 atom stereocenters. The number of amides is 1. The van der Waals surface area contributed by atoms with Gasteiger partial charge in [-0.25, -0.2) is 0 Å². The number of carbonyl (C=O) groups excluding carboxylic acids is 1. The number of carbonyl (C=O) groups is 1. The van der Waals surface area contributed by atoms with Crippen LogP contribution in [0.1, 0.15) is 36.5 Å². The molecule has 1 aliphatic carbocycles. The van der Waals surface area contributed by atoms with Crippen LogP contribution >= 0.6 is 11.6 Å². The smallest absolute Gasteiger partial charge is 0.252 e. The maximum Gasteiger partial charge on any atom is 0.252 e. The van der Waals surface area contributed by atoms with E-state index < -0.39 is 6.10 Å². The summed E-state index contributed by atoms with van der Waals surface area (Å²) in [5.74, 6) is 0.405. The quantitative estimate of drug-likeness (QED) is 0.872. The highest BCUT2D eigenvalue weighted by molar-refractivity contribution is 6.34. The fourth-order valence-electron chi connectivity index (χ4n) is 1.77. The topological polar surface area (TPSA) is 58.6 Å². The van der Waals surface area contributed by atoms with E-state index in [2.05, 4.69) is 5.32 Å². The Morgan fingerprint density at radius 2 is 2.32 bits per heavy atom. The Labute approximate surface area is 117 Å². The highest BCUT2D eigenvalue weighted by Crippen LogP contribution is 2.28. The van der Waals surface area contributed by atoms with E-state index in [-0.39, 0.29) is 18.6 Å². The van der Waals surface area contributed by atoms with Crippen LogP contribution < -0.4 is 10.1 Å². The molecule has 0 radical (unpaired) electrons. The molecular weight excluding hydrogens is 266 g/mol. The molecule has 0 aliphatic heterocycles. The van der Waals surface area contributed by atoms with Gasteiger partial charge in [0.15, 0.2) is 0 Å². The molecule has 0 spiro atoms. The van der Waals surface area contributed by atoms with Crippen LogP contribution in [-0.4, -0.2) is 29.8 Å². The number of benzene rings is 1. The number of nitrogens with one attached hydrogen (secondary N) is 1. The van der Waals surface area contributed by atoms with Crippen LogP contribution in [0.5, 0.6) is 5.75 Å². The number of aliphatic hydroxyl groups is 1. The van der Waals surface area contributed by atoms with Crippen molar-refractivity contribution >= 4 is 17.5 Å². The Balaban J connectivity index is 1.99. The van der Waals surface area contributed by atoms with E-state index in [0.29, 0.717) is 16.3 Å². The zero-order chi connectivity index (χ0) is 13.8. The molecule has 19 heavy (non-hydrogen) atoms.